The summed E-state index contributed by atoms with van der Waals surface area (Å²) in [6.07, 6.45) is 20.2. The SMILES string of the molecule is CCCCCCCCC(C)CCCCC(C)CCC(C)CC. The second-order valence-electron chi connectivity index (χ2n) is 8.14. The molecule has 0 fully saturated rings. The Kier molecular flexibility index (Phi) is 15.9. The van der Waals surface area contributed by atoms with Crippen molar-refractivity contribution in [1.82, 2.24) is 0 Å². The molecule has 0 spiro atoms. The summed E-state index contributed by atoms with van der Waals surface area (Å²) in [7, 11) is 0. The Labute approximate surface area is 142 Å². The van der Waals surface area contributed by atoms with Crippen molar-refractivity contribution >= 4 is 0 Å². The number of rotatable bonds is 16. The fraction of sp³-hybridized carbons (Fsp3) is 1.00. The third kappa shape index (κ3) is 14.9. The van der Waals surface area contributed by atoms with Gasteiger partial charge in [-0.25, -0.2) is 0 Å². The Hall–Kier alpha value is 0. The van der Waals surface area contributed by atoms with Gasteiger partial charge in [-0.3, -0.25) is 0 Å². The molecule has 0 heteroatoms. The molecule has 0 N–H and O–H groups in total. The Morgan fingerprint density at radius 1 is 0.455 bits per heavy atom. The van der Waals surface area contributed by atoms with Crippen molar-refractivity contribution in [2.45, 2.75) is 125 Å². The smallest absolute Gasteiger partial charge is 0.0443 e. The van der Waals surface area contributed by atoms with Crippen LogP contribution in [0.4, 0.5) is 0 Å². The topological polar surface area (TPSA) is 0 Å². The van der Waals surface area contributed by atoms with E-state index in [1.807, 2.05) is 0 Å². The van der Waals surface area contributed by atoms with Gasteiger partial charge in [-0.05, 0) is 17.8 Å². The molecule has 0 aromatic carbocycles. The normalized spacial score (nSPS) is 15.7. The van der Waals surface area contributed by atoms with Gasteiger partial charge in [0.2, 0.25) is 0 Å². The lowest BCUT2D eigenvalue weighted by Crippen LogP contribution is -2.01. The van der Waals surface area contributed by atoms with Crippen LogP contribution in [0.5, 0.6) is 0 Å². The zero-order valence-corrected chi connectivity index (χ0v) is 16.6. The first-order valence-corrected chi connectivity index (χ1v) is 10.6. The molecule has 0 saturated heterocycles. The highest BCUT2D eigenvalue weighted by Crippen LogP contribution is 2.22. The van der Waals surface area contributed by atoms with Crippen LogP contribution in [0.3, 0.4) is 0 Å². The van der Waals surface area contributed by atoms with Gasteiger partial charge in [-0.2, -0.15) is 0 Å². The molecule has 0 rings (SSSR count). The first kappa shape index (κ1) is 22.0. The van der Waals surface area contributed by atoms with Crippen molar-refractivity contribution in [3.05, 3.63) is 0 Å². The summed E-state index contributed by atoms with van der Waals surface area (Å²) in [5.74, 6) is 2.84. The molecule has 3 atom stereocenters. The Bertz CT molecular complexity index is 208. The molecule has 3 unspecified atom stereocenters. The van der Waals surface area contributed by atoms with E-state index in [2.05, 4.69) is 34.6 Å². The Morgan fingerprint density at radius 3 is 1.41 bits per heavy atom. The van der Waals surface area contributed by atoms with Gasteiger partial charge in [0, 0.05) is 0 Å². The number of unbranched alkanes of at least 4 members (excludes halogenated alkanes) is 6. The van der Waals surface area contributed by atoms with E-state index in [0.717, 1.165) is 17.8 Å². The van der Waals surface area contributed by atoms with E-state index in [4.69, 9.17) is 0 Å². The summed E-state index contributed by atoms with van der Waals surface area (Å²) in [5, 5.41) is 0. The predicted molar refractivity (Wildman–Crippen MR) is 103 cm³/mol. The van der Waals surface area contributed by atoms with Crippen molar-refractivity contribution < 1.29 is 0 Å². The van der Waals surface area contributed by atoms with Crippen molar-refractivity contribution in [3.8, 4) is 0 Å². The van der Waals surface area contributed by atoms with Crippen molar-refractivity contribution in [2.75, 3.05) is 0 Å². The first-order chi connectivity index (χ1) is 10.6. The van der Waals surface area contributed by atoms with Crippen LogP contribution in [-0.4, -0.2) is 0 Å². The Balaban J connectivity index is 3.35. The van der Waals surface area contributed by atoms with Crippen molar-refractivity contribution in [1.29, 1.82) is 0 Å². The maximum atomic E-state index is 2.47. The average molecular weight is 311 g/mol. The lowest BCUT2D eigenvalue weighted by molar-refractivity contribution is 0.379. The lowest BCUT2D eigenvalue weighted by Gasteiger charge is -2.15. The first-order valence-electron chi connectivity index (χ1n) is 10.6. The lowest BCUT2D eigenvalue weighted by atomic mass is 9.91. The molecule has 0 aliphatic rings. The predicted octanol–water partition coefficient (Wildman–Crippen LogP) is 8.40. The van der Waals surface area contributed by atoms with Crippen molar-refractivity contribution in [3.63, 3.8) is 0 Å². The summed E-state index contributed by atoms with van der Waals surface area (Å²) in [5.41, 5.74) is 0. The summed E-state index contributed by atoms with van der Waals surface area (Å²) >= 11 is 0. The highest BCUT2D eigenvalue weighted by molar-refractivity contribution is 4.60. The third-order valence-electron chi connectivity index (χ3n) is 5.54. The van der Waals surface area contributed by atoms with Gasteiger partial charge in [-0.1, -0.05) is 125 Å². The molecule has 0 nitrogen and oxygen atoms in total. The van der Waals surface area contributed by atoms with Gasteiger partial charge in [0.1, 0.15) is 0 Å². The zero-order valence-electron chi connectivity index (χ0n) is 16.6. The van der Waals surface area contributed by atoms with Crippen LogP contribution >= 0.6 is 0 Å². The van der Waals surface area contributed by atoms with E-state index in [-0.39, 0.29) is 0 Å². The summed E-state index contributed by atoms with van der Waals surface area (Å²) in [6.45, 7) is 11.9. The quantitative estimate of drug-likeness (QED) is 0.251. The highest BCUT2D eigenvalue weighted by Gasteiger charge is 2.07. The summed E-state index contributed by atoms with van der Waals surface area (Å²) in [6, 6.07) is 0. The van der Waals surface area contributed by atoms with Gasteiger partial charge in [-0.15, -0.1) is 0 Å². The van der Waals surface area contributed by atoms with Crippen LogP contribution < -0.4 is 0 Å². The van der Waals surface area contributed by atoms with Crippen LogP contribution in [0, 0.1) is 17.8 Å². The van der Waals surface area contributed by atoms with E-state index in [1.165, 1.54) is 89.9 Å². The third-order valence-corrected chi connectivity index (χ3v) is 5.54. The molecule has 0 heterocycles. The maximum absolute atomic E-state index is 2.47. The highest BCUT2D eigenvalue weighted by atomic mass is 14.1. The summed E-state index contributed by atoms with van der Waals surface area (Å²) < 4.78 is 0. The minimum Gasteiger partial charge on any atom is -0.0654 e. The second kappa shape index (κ2) is 15.9. The van der Waals surface area contributed by atoms with Crippen LogP contribution in [0.1, 0.15) is 125 Å². The monoisotopic (exact) mass is 310 g/mol. The molecule has 0 aromatic rings. The molecule has 0 aromatic heterocycles. The van der Waals surface area contributed by atoms with E-state index in [0.29, 0.717) is 0 Å². The molecule has 134 valence electrons. The second-order valence-corrected chi connectivity index (χ2v) is 8.14. The molecule has 0 aliphatic heterocycles. The largest absolute Gasteiger partial charge is 0.0654 e. The van der Waals surface area contributed by atoms with Crippen LogP contribution in [-0.2, 0) is 0 Å². The van der Waals surface area contributed by atoms with E-state index in [1.54, 1.807) is 0 Å². The fourth-order valence-electron chi connectivity index (χ4n) is 3.32. The molecule has 0 bridgehead atoms. The van der Waals surface area contributed by atoms with Crippen LogP contribution in [0.15, 0.2) is 0 Å². The van der Waals surface area contributed by atoms with E-state index >= 15 is 0 Å². The number of hydrogen-bond acceptors (Lipinski definition) is 0. The number of hydrogen-bond donors (Lipinski definition) is 0. The van der Waals surface area contributed by atoms with Gasteiger partial charge >= 0.3 is 0 Å². The molecule has 22 heavy (non-hydrogen) atoms. The minimum absolute atomic E-state index is 0.930. The van der Waals surface area contributed by atoms with E-state index in [9.17, 15) is 0 Å². The zero-order chi connectivity index (χ0) is 16.6. The van der Waals surface area contributed by atoms with Gasteiger partial charge < -0.3 is 0 Å². The maximum Gasteiger partial charge on any atom is -0.0443 e. The van der Waals surface area contributed by atoms with Gasteiger partial charge in [0.15, 0.2) is 0 Å². The Morgan fingerprint density at radius 2 is 0.864 bits per heavy atom. The molecular formula is C22H46. The van der Waals surface area contributed by atoms with Crippen molar-refractivity contribution in [2.24, 2.45) is 17.8 Å². The average Bonchev–Trinajstić information content (AvgIpc) is 2.52. The van der Waals surface area contributed by atoms with E-state index < -0.39 is 0 Å². The van der Waals surface area contributed by atoms with Crippen LogP contribution in [0.25, 0.3) is 0 Å². The molecule has 0 saturated carbocycles. The van der Waals surface area contributed by atoms with Gasteiger partial charge in [0.25, 0.3) is 0 Å². The minimum atomic E-state index is 0.930. The molecule has 0 aliphatic carbocycles. The summed E-state index contributed by atoms with van der Waals surface area (Å²) in [4.78, 5) is 0. The molecule has 0 radical (unpaired) electrons. The molecular weight excluding hydrogens is 264 g/mol. The molecule has 0 amide bonds. The fourth-order valence-corrected chi connectivity index (χ4v) is 3.32. The standard InChI is InChI=1S/C22H46/c1-6-8-9-10-11-12-15-21(4)16-13-14-17-22(5)19-18-20(3)7-2/h20-22H,6-19H2,1-5H3. The van der Waals surface area contributed by atoms with Gasteiger partial charge in [0.05, 0.1) is 0 Å². The van der Waals surface area contributed by atoms with Crippen LogP contribution in [0.2, 0.25) is 0 Å².